The summed E-state index contributed by atoms with van der Waals surface area (Å²) in [6, 6.07) is 0. The first kappa shape index (κ1) is 9.35. The van der Waals surface area contributed by atoms with Crippen molar-refractivity contribution in [3.8, 4) is 11.8 Å². The molecule has 0 heterocycles. The van der Waals surface area contributed by atoms with E-state index < -0.39 is 0 Å². The maximum absolute atomic E-state index is 9.42. The lowest BCUT2D eigenvalue weighted by Gasteiger charge is -2.35. The minimum Gasteiger partial charge on any atom is -0.388 e. The van der Waals surface area contributed by atoms with Crippen LogP contribution in [0.5, 0.6) is 0 Å². The molecule has 0 saturated heterocycles. The fourth-order valence-corrected chi connectivity index (χ4v) is 1.77. The molecule has 0 aromatic carbocycles. The zero-order valence-electron chi connectivity index (χ0n) is 8.02. The van der Waals surface area contributed by atoms with Crippen LogP contribution >= 0.6 is 0 Å². The van der Waals surface area contributed by atoms with Crippen LogP contribution < -0.4 is 0 Å². The highest BCUT2D eigenvalue weighted by Crippen LogP contribution is 2.36. The minimum absolute atomic E-state index is 0.186. The molecule has 1 nitrogen and oxygen atoms in total. The molecule has 0 amide bonds. The lowest BCUT2D eigenvalue weighted by Crippen LogP contribution is -2.32. The summed E-state index contributed by atoms with van der Waals surface area (Å²) >= 11 is 0. The molecule has 1 rings (SSSR count). The summed E-state index contributed by atoms with van der Waals surface area (Å²) in [5, 5.41) is 9.42. The van der Waals surface area contributed by atoms with Crippen LogP contribution in [0.25, 0.3) is 0 Å². The van der Waals surface area contributed by atoms with Crippen LogP contribution in [0.4, 0.5) is 0 Å². The second-order valence-corrected chi connectivity index (χ2v) is 3.37. The molecule has 1 N–H and O–H groups in total. The van der Waals surface area contributed by atoms with E-state index in [1.165, 1.54) is 11.1 Å². The van der Waals surface area contributed by atoms with Crippen molar-refractivity contribution in [2.24, 2.45) is 5.92 Å². The SMILES string of the molecule is CC#CCCC1=C(C)C(O)C1C. The highest BCUT2D eigenvalue weighted by Gasteiger charge is 2.31. The van der Waals surface area contributed by atoms with Crippen LogP contribution in [0.15, 0.2) is 11.1 Å². The molecular formula is C11H16O. The van der Waals surface area contributed by atoms with E-state index in [0.29, 0.717) is 5.92 Å². The summed E-state index contributed by atoms with van der Waals surface area (Å²) in [6.07, 6.45) is 1.78. The van der Waals surface area contributed by atoms with Gasteiger partial charge < -0.3 is 5.11 Å². The maximum Gasteiger partial charge on any atom is 0.0812 e. The molecule has 12 heavy (non-hydrogen) atoms. The van der Waals surface area contributed by atoms with Gasteiger partial charge in [0.1, 0.15) is 0 Å². The fraction of sp³-hybridized carbons (Fsp3) is 0.636. The Morgan fingerprint density at radius 2 is 2.17 bits per heavy atom. The van der Waals surface area contributed by atoms with Crippen LogP contribution in [-0.4, -0.2) is 11.2 Å². The van der Waals surface area contributed by atoms with Crippen molar-refractivity contribution in [1.29, 1.82) is 0 Å². The predicted molar refractivity (Wildman–Crippen MR) is 50.6 cm³/mol. The fourth-order valence-electron chi connectivity index (χ4n) is 1.77. The van der Waals surface area contributed by atoms with Crippen molar-refractivity contribution in [1.82, 2.24) is 0 Å². The predicted octanol–water partition coefficient (Wildman–Crippen LogP) is 2.12. The second-order valence-electron chi connectivity index (χ2n) is 3.37. The highest BCUT2D eigenvalue weighted by atomic mass is 16.3. The van der Waals surface area contributed by atoms with E-state index in [1.807, 2.05) is 13.8 Å². The molecule has 66 valence electrons. The largest absolute Gasteiger partial charge is 0.388 e. The van der Waals surface area contributed by atoms with Gasteiger partial charge in [0.15, 0.2) is 0 Å². The average Bonchev–Trinajstić information content (AvgIpc) is 2.11. The molecule has 1 heteroatoms. The van der Waals surface area contributed by atoms with E-state index in [9.17, 15) is 5.11 Å². The summed E-state index contributed by atoms with van der Waals surface area (Å²) in [6.45, 7) is 5.95. The number of hydrogen-bond acceptors (Lipinski definition) is 1. The van der Waals surface area contributed by atoms with Gasteiger partial charge in [0.05, 0.1) is 6.10 Å². The summed E-state index contributed by atoms with van der Waals surface area (Å²) < 4.78 is 0. The van der Waals surface area contributed by atoms with Gasteiger partial charge in [-0.2, -0.15) is 0 Å². The van der Waals surface area contributed by atoms with Gasteiger partial charge in [-0.05, 0) is 25.8 Å². The Hall–Kier alpha value is -0.740. The molecule has 0 saturated carbocycles. The first-order valence-electron chi connectivity index (χ1n) is 4.45. The smallest absolute Gasteiger partial charge is 0.0812 e. The molecule has 2 atom stereocenters. The molecule has 0 bridgehead atoms. The van der Waals surface area contributed by atoms with Crippen LogP contribution in [0.2, 0.25) is 0 Å². The topological polar surface area (TPSA) is 20.2 Å². The van der Waals surface area contributed by atoms with Crippen LogP contribution in [-0.2, 0) is 0 Å². The minimum atomic E-state index is -0.186. The molecular weight excluding hydrogens is 148 g/mol. The Bertz CT molecular complexity index is 252. The van der Waals surface area contributed by atoms with Crippen molar-refractivity contribution in [2.45, 2.75) is 39.7 Å². The van der Waals surface area contributed by atoms with E-state index >= 15 is 0 Å². The van der Waals surface area contributed by atoms with Crippen molar-refractivity contribution >= 4 is 0 Å². The molecule has 0 spiro atoms. The number of hydrogen-bond donors (Lipinski definition) is 1. The molecule has 0 aromatic rings. The standard InChI is InChI=1S/C11H16O/c1-4-5-6-7-10-8(2)11(12)9(10)3/h8,11-12H,6-7H2,1-3H3. The van der Waals surface area contributed by atoms with E-state index in [1.54, 1.807) is 0 Å². The van der Waals surface area contributed by atoms with Gasteiger partial charge in [-0.25, -0.2) is 0 Å². The molecule has 1 aliphatic carbocycles. The van der Waals surface area contributed by atoms with Crippen LogP contribution in [0.1, 0.15) is 33.6 Å². The van der Waals surface area contributed by atoms with Gasteiger partial charge in [0, 0.05) is 12.3 Å². The molecule has 0 aromatic heterocycles. The van der Waals surface area contributed by atoms with Crippen molar-refractivity contribution < 1.29 is 5.11 Å². The first-order valence-corrected chi connectivity index (χ1v) is 4.45. The quantitative estimate of drug-likeness (QED) is 0.489. The number of aliphatic hydroxyl groups is 1. The van der Waals surface area contributed by atoms with Crippen LogP contribution in [0, 0.1) is 17.8 Å². The molecule has 0 fully saturated rings. The Morgan fingerprint density at radius 1 is 1.50 bits per heavy atom. The maximum atomic E-state index is 9.42. The zero-order chi connectivity index (χ0) is 9.14. The zero-order valence-corrected chi connectivity index (χ0v) is 8.02. The molecule has 1 aliphatic rings. The third-order valence-electron chi connectivity index (χ3n) is 2.67. The Morgan fingerprint density at radius 3 is 2.67 bits per heavy atom. The van der Waals surface area contributed by atoms with Gasteiger partial charge in [0.25, 0.3) is 0 Å². The molecule has 2 unspecified atom stereocenters. The second kappa shape index (κ2) is 3.78. The first-order chi connectivity index (χ1) is 5.68. The Kier molecular flexibility index (Phi) is 2.94. The third-order valence-corrected chi connectivity index (χ3v) is 2.67. The summed E-state index contributed by atoms with van der Waals surface area (Å²) in [7, 11) is 0. The van der Waals surface area contributed by atoms with E-state index in [-0.39, 0.29) is 6.10 Å². The summed E-state index contributed by atoms with van der Waals surface area (Å²) in [5.74, 6) is 6.28. The van der Waals surface area contributed by atoms with Gasteiger partial charge in [0.2, 0.25) is 0 Å². The Labute approximate surface area is 74.5 Å². The highest BCUT2D eigenvalue weighted by molar-refractivity contribution is 5.32. The van der Waals surface area contributed by atoms with Crippen molar-refractivity contribution in [3.05, 3.63) is 11.1 Å². The average molecular weight is 164 g/mol. The van der Waals surface area contributed by atoms with Crippen molar-refractivity contribution in [3.63, 3.8) is 0 Å². The third kappa shape index (κ3) is 1.54. The number of rotatable bonds is 2. The van der Waals surface area contributed by atoms with E-state index in [2.05, 4.69) is 18.8 Å². The lowest BCUT2D eigenvalue weighted by molar-refractivity contribution is 0.135. The van der Waals surface area contributed by atoms with Gasteiger partial charge in [-0.3, -0.25) is 0 Å². The number of aliphatic hydroxyl groups excluding tert-OH is 1. The molecule has 0 radical (unpaired) electrons. The Balaban J connectivity index is 2.47. The summed E-state index contributed by atoms with van der Waals surface area (Å²) in [5.41, 5.74) is 2.57. The normalized spacial score (nSPS) is 27.7. The monoisotopic (exact) mass is 164 g/mol. The van der Waals surface area contributed by atoms with Gasteiger partial charge >= 0.3 is 0 Å². The van der Waals surface area contributed by atoms with Crippen LogP contribution in [0.3, 0.4) is 0 Å². The van der Waals surface area contributed by atoms with E-state index in [4.69, 9.17) is 0 Å². The van der Waals surface area contributed by atoms with Crippen molar-refractivity contribution in [2.75, 3.05) is 0 Å². The lowest BCUT2D eigenvalue weighted by atomic mass is 9.74. The summed E-state index contributed by atoms with van der Waals surface area (Å²) in [4.78, 5) is 0. The molecule has 0 aliphatic heterocycles. The van der Waals surface area contributed by atoms with E-state index in [0.717, 1.165) is 12.8 Å². The van der Waals surface area contributed by atoms with Gasteiger partial charge in [-0.1, -0.05) is 12.5 Å². The van der Waals surface area contributed by atoms with Gasteiger partial charge in [-0.15, -0.1) is 11.8 Å².